The predicted octanol–water partition coefficient (Wildman–Crippen LogP) is 4.59. The van der Waals surface area contributed by atoms with Gasteiger partial charge in [0, 0.05) is 24.6 Å². The Hall–Kier alpha value is -3.81. The number of Topliss-reactive ketones (excluding diaryl/α,β-unsaturated/α-hetero) is 1. The Morgan fingerprint density at radius 2 is 1.88 bits per heavy atom. The minimum Gasteiger partial charge on any atom is -0.462 e. The molecule has 0 saturated carbocycles. The molecule has 0 radical (unpaired) electrons. The van der Waals surface area contributed by atoms with Crippen LogP contribution in [-0.4, -0.2) is 44.9 Å². The van der Waals surface area contributed by atoms with Crippen LogP contribution in [0.15, 0.2) is 48.9 Å². The van der Waals surface area contributed by atoms with Crippen molar-refractivity contribution in [1.82, 2.24) is 15.0 Å². The largest absolute Gasteiger partial charge is 0.462 e. The van der Waals surface area contributed by atoms with E-state index in [-0.39, 0.29) is 37.6 Å². The fraction of sp³-hybridized carbons (Fsp3) is 0.346. The fourth-order valence-corrected chi connectivity index (χ4v) is 3.48. The van der Waals surface area contributed by atoms with E-state index in [2.05, 4.69) is 21.5 Å². The molecule has 1 N–H and O–H groups in total. The van der Waals surface area contributed by atoms with Crippen molar-refractivity contribution in [3.8, 4) is 11.3 Å². The Morgan fingerprint density at radius 3 is 2.59 bits per heavy atom. The zero-order valence-corrected chi connectivity index (χ0v) is 19.9. The highest BCUT2D eigenvalue weighted by Crippen LogP contribution is 2.29. The quantitative estimate of drug-likeness (QED) is 0.365. The second-order valence-corrected chi connectivity index (χ2v) is 8.86. The summed E-state index contributed by atoms with van der Waals surface area (Å²) < 4.78 is 10.4. The summed E-state index contributed by atoms with van der Waals surface area (Å²) in [7, 11) is 0. The van der Waals surface area contributed by atoms with Crippen LogP contribution in [0.2, 0.25) is 0 Å². The van der Waals surface area contributed by atoms with Crippen molar-refractivity contribution in [2.75, 3.05) is 6.61 Å². The number of fused-ring (bicyclic) bond motifs is 1. The monoisotopic (exact) mass is 463 g/mol. The topological polar surface area (TPSA) is 111 Å². The van der Waals surface area contributed by atoms with Crippen molar-refractivity contribution < 1.29 is 23.9 Å². The van der Waals surface area contributed by atoms with Crippen molar-refractivity contribution in [2.24, 2.45) is 0 Å². The van der Waals surface area contributed by atoms with E-state index in [1.807, 2.05) is 24.3 Å². The average molecular weight is 464 g/mol. The van der Waals surface area contributed by atoms with Gasteiger partial charge in [-0.15, -0.1) is 0 Å². The van der Waals surface area contributed by atoms with E-state index in [0.29, 0.717) is 27.9 Å². The normalized spacial score (nSPS) is 11.3. The van der Waals surface area contributed by atoms with Crippen LogP contribution in [0, 0.1) is 0 Å². The molecule has 3 rings (SSSR count). The van der Waals surface area contributed by atoms with E-state index in [1.165, 1.54) is 6.33 Å². The minimum absolute atomic E-state index is 0.102. The number of aromatic amines is 1. The number of ether oxygens (including phenoxy) is 2. The van der Waals surface area contributed by atoms with Crippen molar-refractivity contribution in [3.63, 3.8) is 0 Å². The molecule has 0 bridgehead atoms. The molecule has 0 fully saturated rings. The summed E-state index contributed by atoms with van der Waals surface area (Å²) in [6.45, 7) is 11.2. The smallest absolute Gasteiger partial charge is 0.340 e. The number of hydrogen-bond acceptors (Lipinski definition) is 7. The first-order chi connectivity index (χ1) is 16.1. The van der Waals surface area contributed by atoms with Crippen LogP contribution in [-0.2, 0) is 25.5 Å². The van der Waals surface area contributed by atoms with E-state index < -0.39 is 11.6 Å². The van der Waals surface area contributed by atoms with Gasteiger partial charge in [-0.3, -0.25) is 9.59 Å². The number of ketones is 1. The van der Waals surface area contributed by atoms with Crippen molar-refractivity contribution in [2.45, 2.75) is 52.6 Å². The number of benzene rings is 1. The lowest BCUT2D eigenvalue weighted by molar-refractivity contribution is -0.154. The Balaban J connectivity index is 1.77. The molecule has 0 atom stereocenters. The molecule has 2 heterocycles. The lowest BCUT2D eigenvalue weighted by atomic mass is 9.98. The second kappa shape index (κ2) is 10.4. The molecule has 34 heavy (non-hydrogen) atoms. The van der Waals surface area contributed by atoms with Crippen LogP contribution in [0.3, 0.4) is 0 Å². The van der Waals surface area contributed by atoms with Gasteiger partial charge in [0.05, 0.1) is 23.3 Å². The summed E-state index contributed by atoms with van der Waals surface area (Å²) in [6.07, 6.45) is 3.45. The third-order valence-electron chi connectivity index (χ3n) is 4.98. The molecular weight excluding hydrogens is 434 g/mol. The SMILES string of the molecule is C=C(CCC(=O)OC(C)(C)C)C(=O)Cc1cccc(-c2ncnc3[nH]cc(C(=O)OCC)c23)c1. The van der Waals surface area contributed by atoms with Gasteiger partial charge in [-0.1, -0.05) is 24.8 Å². The van der Waals surface area contributed by atoms with E-state index in [0.717, 1.165) is 11.1 Å². The first kappa shape index (κ1) is 24.8. The van der Waals surface area contributed by atoms with Gasteiger partial charge < -0.3 is 14.5 Å². The van der Waals surface area contributed by atoms with E-state index in [1.54, 1.807) is 33.9 Å². The Bertz CT molecular complexity index is 1240. The Kier molecular flexibility index (Phi) is 7.61. The second-order valence-electron chi connectivity index (χ2n) is 8.86. The number of nitrogens with zero attached hydrogens (tertiary/aromatic N) is 2. The first-order valence-corrected chi connectivity index (χ1v) is 11.1. The Morgan fingerprint density at radius 1 is 1.12 bits per heavy atom. The van der Waals surface area contributed by atoms with Crippen LogP contribution in [0.4, 0.5) is 0 Å². The molecule has 0 aliphatic rings. The minimum atomic E-state index is -0.568. The molecule has 0 saturated heterocycles. The molecule has 1 aromatic carbocycles. The summed E-state index contributed by atoms with van der Waals surface area (Å²) in [5, 5.41) is 0.561. The zero-order chi connectivity index (χ0) is 24.9. The van der Waals surface area contributed by atoms with Gasteiger partial charge in [-0.2, -0.15) is 0 Å². The summed E-state index contributed by atoms with van der Waals surface area (Å²) in [6, 6.07) is 7.37. The highest BCUT2D eigenvalue weighted by molar-refractivity contribution is 6.08. The highest BCUT2D eigenvalue weighted by Gasteiger charge is 2.20. The number of hydrogen-bond donors (Lipinski definition) is 1. The molecule has 178 valence electrons. The van der Waals surface area contributed by atoms with Gasteiger partial charge in [-0.25, -0.2) is 14.8 Å². The number of esters is 2. The number of carbonyl (C=O) groups is 3. The molecule has 0 unspecified atom stereocenters. The van der Waals surface area contributed by atoms with Gasteiger partial charge in [0.1, 0.15) is 17.6 Å². The number of rotatable bonds is 9. The predicted molar refractivity (Wildman–Crippen MR) is 128 cm³/mol. The van der Waals surface area contributed by atoms with Crippen molar-refractivity contribution in [1.29, 1.82) is 0 Å². The van der Waals surface area contributed by atoms with Gasteiger partial charge in [-0.05, 0) is 51.3 Å². The molecule has 0 amide bonds. The van der Waals surface area contributed by atoms with Crippen molar-refractivity contribution in [3.05, 3.63) is 60.1 Å². The average Bonchev–Trinajstić information content (AvgIpc) is 3.21. The molecule has 8 heteroatoms. The number of H-pyrrole nitrogens is 1. The maximum Gasteiger partial charge on any atom is 0.340 e. The number of allylic oxidation sites excluding steroid dienone is 1. The molecule has 0 aliphatic carbocycles. The van der Waals surface area contributed by atoms with Crippen LogP contribution in [0.25, 0.3) is 22.3 Å². The molecule has 2 aromatic heterocycles. The highest BCUT2D eigenvalue weighted by atomic mass is 16.6. The van der Waals surface area contributed by atoms with E-state index >= 15 is 0 Å². The van der Waals surface area contributed by atoms with Crippen LogP contribution in [0.1, 0.15) is 56.5 Å². The van der Waals surface area contributed by atoms with E-state index in [4.69, 9.17) is 9.47 Å². The van der Waals surface area contributed by atoms with Gasteiger partial charge >= 0.3 is 11.9 Å². The summed E-state index contributed by atoms with van der Waals surface area (Å²) in [4.78, 5) is 48.6. The third kappa shape index (κ3) is 6.15. The van der Waals surface area contributed by atoms with Gasteiger partial charge in [0.15, 0.2) is 5.78 Å². The third-order valence-corrected chi connectivity index (χ3v) is 4.98. The number of aromatic nitrogens is 3. The zero-order valence-electron chi connectivity index (χ0n) is 19.9. The number of nitrogens with one attached hydrogen (secondary N) is 1. The molecule has 3 aromatic rings. The first-order valence-electron chi connectivity index (χ1n) is 11.1. The fourth-order valence-electron chi connectivity index (χ4n) is 3.48. The lowest BCUT2D eigenvalue weighted by Gasteiger charge is -2.19. The van der Waals surface area contributed by atoms with Crippen LogP contribution >= 0.6 is 0 Å². The maximum absolute atomic E-state index is 12.7. The Labute approximate surface area is 198 Å². The maximum atomic E-state index is 12.7. The van der Waals surface area contributed by atoms with E-state index in [9.17, 15) is 14.4 Å². The van der Waals surface area contributed by atoms with Gasteiger partial charge in [0.25, 0.3) is 0 Å². The van der Waals surface area contributed by atoms with Crippen molar-refractivity contribution >= 4 is 28.8 Å². The van der Waals surface area contributed by atoms with Gasteiger partial charge in [0.2, 0.25) is 0 Å². The van der Waals surface area contributed by atoms with Crippen LogP contribution < -0.4 is 0 Å². The number of carbonyl (C=O) groups excluding carboxylic acids is 3. The molecular formula is C26H29N3O5. The molecule has 0 aliphatic heterocycles. The lowest BCUT2D eigenvalue weighted by Crippen LogP contribution is -2.24. The molecule has 0 spiro atoms. The standard InChI is InChI=1S/C26H29N3O5/c1-6-33-25(32)19-14-27-24-22(19)23(28-15-29-24)18-9-7-8-17(12-18)13-20(30)16(2)10-11-21(31)34-26(3,4)5/h7-9,12,14-15H,2,6,10-11,13H2,1,3-5H3,(H,27,28,29). The summed E-state index contributed by atoms with van der Waals surface area (Å²) in [5.74, 6) is -0.972. The molecule has 8 nitrogen and oxygen atoms in total. The summed E-state index contributed by atoms with van der Waals surface area (Å²) >= 11 is 0. The van der Waals surface area contributed by atoms with Crippen LogP contribution in [0.5, 0.6) is 0 Å². The summed E-state index contributed by atoms with van der Waals surface area (Å²) in [5.41, 5.74) is 2.74.